The van der Waals surface area contributed by atoms with Crippen molar-refractivity contribution in [3.63, 3.8) is 0 Å². The lowest BCUT2D eigenvalue weighted by molar-refractivity contribution is -0.577. The number of nitrogens with one attached hydrogen (secondary N) is 2. The molecule has 2 aliphatic heterocycles. The number of carbonyl (C=O) groups excluding carboxylic acids is 1. The number of H-pyrrole nitrogens is 2. The van der Waals surface area contributed by atoms with Gasteiger partial charge in [-0.1, -0.05) is 103 Å². The molecule has 4 aromatic heterocycles. The van der Waals surface area contributed by atoms with E-state index in [-0.39, 0.29) is 11.4 Å². The number of hydrogen-bond acceptors (Lipinski definition) is 4. The fourth-order valence-corrected chi connectivity index (χ4v) is 7.48. The van der Waals surface area contributed by atoms with E-state index in [9.17, 15) is 10.0 Å². The summed E-state index contributed by atoms with van der Waals surface area (Å²) in [5.41, 5.74) is 10.9. The first kappa shape index (κ1) is 28.9. The maximum absolute atomic E-state index is 14.6. The molecular formula is C44H27N5O2. The molecule has 8 aromatic rings. The molecule has 51 heavy (non-hydrogen) atoms. The molecule has 240 valence electrons. The number of nitrogens with zero attached hydrogens (tertiary/aromatic N) is 3. The molecule has 8 bridgehead atoms. The van der Waals surface area contributed by atoms with Gasteiger partial charge in [0, 0.05) is 50.2 Å². The molecule has 7 nitrogen and oxygen atoms in total. The quantitative estimate of drug-likeness (QED) is 0.146. The van der Waals surface area contributed by atoms with Crippen LogP contribution in [0.3, 0.4) is 0 Å². The summed E-state index contributed by atoms with van der Waals surface area (Å²) in [6, 6.07) is 45.5. The lowest BCUT2D eigenvalue weighted by Gasteiger charge is -2.07. The average molecular weight is 658 g/mol. The van der Waals surface area contributed by atoms with Gasteiger partial charge in [-0.15, -0.1) is 0 Å². The summed E-state index contributed by atoms with van der Waals surface area (Å²) in [4.78, 5) is 32.3. The van der Waals surface area contributed by atoms with E-state index in [0.29, 0.717) is 32.9 Å². The monoisotopic (exact) mass is 657 g/mol. The first-order valence-corrected chi connectivity index (χ1v) is 16.8. The number of benzene rings is 4. The number of fused-ring (bicyclic) bond motifs is 10. The van der Waals surface area contributed by atoms with Crippen molar-refractivity contribution in [1.82, 2.24) is 19.9 Å². The van der Waals surface area contributed by atoms with Gasteiger partial charge in [0.05, 0.1) is 16.8 Å². The van der Waals surface area contributed by atoms with E-state index >= 15 is 0 Å². The summed E-state index contributed by atoms with van der Waals surface area (Å²) in [5, 5.41) is 15.5. The second kappa shape index (κ2) is 11.2. The van der Waals surface area contributed by atoms with Gasteiger partial charge < -0.3 is 15.2 Å². The van der Waals surface area contributed by atoms with Crippen molar-refractivity contribution in [2.75, 3.05) is 0 Å². The molecule has 0 atom stereocenters. The maximum Gasteiger partial charge on any atom is 0.293 e. The van der Waals surface area contributed by atoms with Crippen LogP contribution in [0.4, 0.5) is 0 Å². The summed E-state index contributed by atoms with van der Waals surface area (Å²) < 4.78 is 0.742. The molecule has 2 aliphatic rings. The minimum absolute atomic E-state index is 0.00472. The van der Waals surface area contributed by atoms with Gasteiger partial charge in [0.15, 0.2) is 5.52 Å². The third kappa shape index (κ3) is 4.45. The Labute approximate surface area is 291 Å². The lowest BCUT2D eigenvalue weighted by Crippen LogP contribution is -2.34. The van der Waals surface area contributed by atoms with Gasteiger partial charge in [-0.3, -0.25) is 4.79 Å². The standard InChI is InChI=1S/C44H27N5O2/c50-44-42-39(28-16-8-3-9-17-28)34-24-22-32(46-34)37(26-12-4-1-5-13-26)30-20-21-31(45-30)38(27-14-6-2-7-15-27)33-23-25-35(47-33)40-29-18-10-11-19-36(29)49(51)43(44)41(40)48-42/h1-25,46-47H. The van der Waals surface area contributed by atoms with E-state index in [2.05, 4.69) is 46.4 Å². The molecule has 0 radical (unpaired) electrons. The zero-order valence-electron chi connectivity index (χ0n) is 27.1. The number of carbonyl (C=O) groups is 1. The van der Waals surface area contributed by atoms with Gasteiger partial charge in [0.2, 0.25) is 5.52 Å². The van der Waals surface area contributed by atoms with Crippen LogP contribution in [0.2, 0.25) is 0 Å². The molecule has 10 rings (SSSR count). The molecule has 0 saturated carbocycles. The Morgan fingerprint density at radius 2 is 0.980 bits per heavy atom. The predicted molar refractivity (Wildman–Crippen MR) is 204 cm³/mol. The lowest BCUT2D eigenvalue weighted by atomic mass is 10.0. The third-order valence-corrected chi connectivity index (χ3v) is 9.74. The Balaban J connectivity index is 1.47. The summed E-state index contributed by atoms with van der Waals surface area (Å²) >= 11 is 0. The van der Waals surface area contributed by atoms with Crippen molar-refractivity contribution in [2.24, 2.45) is 0 Å². The average Bonchev–Trinajstić information content (AvgIpc) is 4.00. The third-order valence-electron chi connectivity index (χ3n) is 9.74. The molecular weight excluding hydrogens is 631 g/mol. The summed E-state index contributed by atoms with van der Waals surface area (Å²) in [5.74, 6) is -0.427. The minimum atomic E-state index is -0.427. The zero-order chi connectivity index (χ0) is 34.1. The first-order valence-electron chi connectivity index (χ1n) is 16.8. The van der Waals surface area contributed by atoms with Crippen molar-refractivity contribution >= 4 is 61.8 Å². The fourth-order valence-electron chi connectivity index (χ4n) is 7.48. The number of para-hydroxylation sites is 1. The molecule has 2 N–H and O–H groups in total. The van der Waals surface area contributed by atoms with E-state index in [1.165, 1.54) is 0 Å². The van der Waals surface area contributed by atoms with Crippen LogP contribution in [0, 0.1) is 5.21 Å². The number of aromatic nitrogens is 5. The molecule has 0 fully saturated rings. The normalized spacial score (nSPS) is 12.4. The fraction of sp³-hybridized carbons (Fsp3) is 0. The summed E-state index contributed by atoms with van der Waals surface area (Å²) in [7, 11) is 0. The Kier molecular flexibility index (Phi) is 6.35. The number of ketones is 1. The van der Waals surface area contributed by atoms with Crippen LogP contribution in [0.5, 0.6) is 0 Å². The number of pyridine rings is 1. The molecule has 7 heteroatoms. The van der Waals surface area contributed by atoms with Crippen LogP contribution in [0.15, 0.2) is 140 Å². The van der Waals surface area contributed by atoms with Crippen LogP contribution in [0.25, 0.3) is 89.4 Å². The van der Waals surface area contributed by atoms with E-state index in [0.717, 1.165) is 60.5 Å². The Bertz CT molecular complexity index is 2930. The van der Waals surface area contributed by atoms with Crippen molar-refractivity contribution in [2.45, 2.75) is 0 Å². The molecule has 6 heterocycles. The van der Waals surface area contributed by atoms with Crippen molar-refractivity contribution in [3.8, 4) is 33.4 Å². The van der Waals surface area contributed by atoms with Gasteiger partial charge in [-0.25, -0.2) is 9.97 Å². The highest BCUT2D eigenvalue weighted by Gasteiger charge is 2.35. The first-order chi connectivity index (χ1) is 25.1. The van der Waals surface area contributed by atoms with Gasteiger partial charge >= 0.3 is 0 Å². The van der Waals surface area contributed by atoms with Gasteiger partial charge in [-0.05, 0) is 59.2 Å². The van der Waals surface area contributed by atoms with E-state index < -0.39 is 5.78 Å². The second-order valence-electron chi connectivity index (χ2n) is 12.7. The maximum atomic E-state index is 14.6. The van der Waals surface area contributed by atoms with Crippen LogP contribution in [-0.4, -0.2) is 25.7 Å². The topological polar surface area (TPSA) is 101 Å². The van der Waals surface area contributed by atoms with E-state index in [1.807, 2.05) is 109 Å². The smallest absolute Gasteiger partial charge is 0.293 e. The molecule has 0 saturated heterocycles. The highest BCUT2D eigenvalue weighted by molar-refractivity contribution is 6.24. The summed E-state index contributed by atoms with van der Waals surface area (Å²) in [6.07, 6.45) is 4.13. The van der Waals surface area contributed by atoms with Gasteiger partial charge in [0.25, 0.3) is 11.5 Å². The zero-order valence-corrected chi connectivity index (χ0v) is 27.1. The molecule has 0 unspecified atom stereocenters. The number of aromatic amines is 2. The molecule has 0 spiro atoms. The van der Waals surface area contributed by atoms with Crippen LogP contribution in [0.1, 0.15) is 27.6 Å². The highest BCUT2D eigenvalue weighted by atomic mass is 16.5. The second-order valence-corrected chi connectivity index (χ2v) is 12.7. The SMILES string of the molecule is O=C1c2nc3c1[n+]([O-])c1ccccc1c3c1ccc([nH]1)c(-c1ccccc1)c1nc(c(-c3ccccc3)c3ccc([nH]3)c2-c2ccccc2)C=C1. The Morgan fingerprint density at radius 1 is 0.510 bits per heavy atom. The largest absolute Gasteiger partial charge is 0.618 e. The van der Waals surface area contributed by atoms with E-state index in [1.54, 1.807) is 6.07 Å². The van der Waals surface area contributed by atoms with Crippen molar-refractivity contribution in [1.29, 1.82) is 0 Å². The Hall–Kier alpha value is -7.12. The predicted octanol–water partition coefficient (Wildman–Crippen LogP) is 9.66. The molecule has 0 aliphatic carbocycles. The van der Waals surface area contributed by atoms with Gasteiger partial charge in [0.1, 0.15) is 5.69 Å². The number of hydrogen-bond donors (Lipinski definition) is 2. The molecule has 0 amide bonds. The number of rotatable bonds is 3. The highest BCUT2D eigenvalue weighted by Crippen LogP contribution is 2.38. The minimum Gasteiger partial charge on any atom is -0.618 e. The van der Waals surface area contributed by atoms with Crippen LogP contribution >= 0.6 is 0 Å². The van der Waals surface area contributed by atoms with E-state index in [4.69, 9.17) is 9.97 Å². The Morgan fingerprint density at radius 3 is 1.57 bits per heavy atom. The van der Waals surface area contributed by atoms with Gasteiger partial charge in [-0.2, -0.15) is 4.73 Å². The van der Waals surface area contributed by atoms with Crippen molar-refractivity contribution < 1.29 is 9.52 Å². The summed E-state index contributed by atoms with van der Waals surface area (Å²) in [6.45, 7) is 0. The molecule has 4 aromatic carbocycles. The van der Waals surface area contributed by atoms with Crippen LogP contribution < -0.4 is 4.73 Å². The van der Waals surface area contributed by atoms with Crippen molar-refractivity contribution in [3.05, 3.63) is 168 Å². The van der Waals surface area contributed by atoms with Crippen LogP contribution in [-0.2, 0) is 0 Å².